The normalized spacial score (nSPS) is 33.4. The Balaban J connectivity index is 1.98. The summed E-state index contributed by atoms with van der Waals surface area (Å²) in [6.45, 7) is 7.63. The molecule has 0 saturated heterocycles. The largest absolute Gasteiger partial charge is 0.508 e. The molecule has 0 heterocycles. The molecule has 2 N–H and O–H groups in total. The molecule has 2 aliphatic carbocycles. The number of phenols is 1. The molecule has 3 rings (SSSR count). The molecule has 2 aliphatic rings. The topological polar surface area (TPSA) is 83.8 Å². The highest BCUT2D eigenvalue weighted by atomic mass is 16.5. The third-order valence-corrected chi connectivity index (χ3v) is 6.47. The number of esters is 1. The van der Waals surface area contributed by atoms with Gasteiger partial charge < -0.3 is 14.9 Å². The van der Waals surface area contributed by atoms with Crippen molar-refractivity contribution in [1.82, 2.24) is 0 Å². The van der Waals surface area contributed by atoms with Crippen LogP contribution in [0.3, 0.4) is 0 Å². The number of hydrogen-bond acceptors (Lipinski definition) is 5. The summed E-state index contributed by atoms with van der Waals surface area (Å²) in [5.74, 6) is -0.965. The Morgan fingerprint density at radius 3 is 2.44 bits per heavy atom. The molecular weight excluding hydrogens is 344 g/mol. The van der Waals surface area contributed by atoms with Crippen LogP contribution in [-0.4, -0.2) is 33.7 Å². The molecular formula is C22H28O5. The first kappa shape index (κ1) is 19.6. The highest BCUT2D eigenvalue weighted by molar-refractivity contribution is 5.96. The average Bonchev–Trinajstić information content (AvgIpc) is 2.83. The first-order valence-corrected chi connectivity index (χ1v) is 9.52. The summed E-state index contributed by atoms with van der Waals surface area (Å²) in [5.41, 5.74) is -0.637. The van der Waals surface area contributed by atoms with Gasteiger partial charge >= 0.3 is 5.97 Å². The minimum absolute atomic E-state index is 0.00441. The fraction of sp³-hybridized carbons (Fsp3) is 0.545. The molecule has 0 radical (unpaired) electrons. The third-order valence-electron chi connectivity index (χ3n) is 6.47. The van der Waals surface area contributed by atoms with E-state index in [9.17, 15) is 19.8 Å². The number of carbonyl (C=O) groups is 2. The van der Waals surface area contributed by atoms with Crippen LogP contribution >= 0.6 is 0 Å². The van der Waals surface area contributed by atoms with E-state index in [1.54, 1.807) is 6.08 Å². The zero-order valence-corrected chi connectivity index (χ0v) is 16.4. The molecule has 0 amide bonds. The number of ether oxygens (including phenoxy) is 1. The monoisotopic (exact) mass is 372 g/mol. The second-order valence-corrected chi connectivity index (χ2v) is 8.59. The van der Waals surface area contributed by atoms with Crippen LogP contribution in [0.5, 0.6) is 5.75 Å². The molecule has 146 valence electrons. The van der Waals surface area contributed by atoms with E-state index in [0.29, 0.717) is 24.8 Å². The summed E-state index contributed by atoms with van der Waals surface area (Å²) in [4.78, 5) is 25.6. The number of ketones is 1. The molecule has 5 heteroatoms. The van der Waals surface area contributed by atoms with Crippen molar-refractivity contribution >= 4 is 11.8 Å². The van der Waals surface area contributed by atoms with Crippen molar-refractivity contribution in [3.05, 3.63) is 41.5 Å². The molecule has 4 unspecified atom stereocenters. The molecule has 0 aromatic heterocycles. The number of phenolic OH excluding ortho intramolecular Hbond substituents is 1. The minimum atomic E-state index is -1.07. The van der Waals surface area contributed by atoms with Crippen LogP contribution in [0, 0.1) is 17.3 Å². The van der Waals surface area contributed by atoms with Gasteiger partial charge in [0.05, 0.1) is 11.2 Å². The number of aromatic hydroxyl groups is 1. The number of benzene rings is 1. The summed E-state index contributed by atoms with van der Waals surface area (Å²) in [6, 6.07) is 5.88. The molecule has 1 fully saturated rings. The van der Waals surface area contributed by atoms with Crippen LogP contribution < -0.4 is 0 Å². The lowest BCUT2D eigenvalue weighted by Crippen LogP contribution is -2.51. The molecule has 1 aromatic carbocycles. The fourth-order valence-electron chi connectivity index (χ4n) is 4.77. The van der Waals surface area contributed by atoms with Crippen molar-refractivity contribution in [3.63, 3.8) is 0 Å². The Labute approximate surface area is 160 Å². The van der Waals surface area contributed by atoms with Gasteiger partial charge in [0.1, 0.15) is 11.9 Å². The van der Waals surface area contributed by atoms with Crippen molar-refractivity contribution in [1.29, 1.82) is 0 Å². The fourth-order valence-corrected chi connectivity index (χ4v) is 4.77. The number of fused-ring (bicyclic) bond motifs is 1. The van der Waals surface area contributed by atoms with E-state index in [-0.39, 0.29) is 17.5 Å². The molecule has 1 aromatic rings. The molecule has 5 nitrogen and oxygen atoms in total. The van der Waals surface area contributed by atoms with Crippen molar-refractivity contribution < 1.29 is 24.5 Å². The van der Waals surface area contributed by atoms with Gasteiger partial charge in [-0.25, -0.2) is 4.79 Å². The van der Waals surface area contributed by atoms with Crippen LogP contribution in [0.2, 0.25) is 0 Å². The molecule has 0 bridgehead atoms. The summed E-state index contributed by atoms with van der Waals surface area (Å²) in [7, 11) is 0. The van der Waals surface area contributed by atoms with E-state index in [2.05, 4.69) is 0 Å². The summed E-state index contributed by atoms with van der Waals surface area (Å²) < 4.78 is 5.87. The van der Waals surface area contributed by atoms with Crippen LogP contribution in [-0.2, 0) is 9.53 Å². The van der Waals surface area contributed by atoms with Crippen LogP contribution in [0.1, 0.15) is 57.3 Å². The lowest BCUT2D eigenvalue weighted by molar-refractivity contribution is -0.140. The Bertz CT molecular complexity index is 778. The number of aliphatic hydroxyl groups is 1. The average molecular weight is 372 g/mol. The molecule has 0 spiro atoms. The standard InChI is InChI=1S/C22H28O5/c1-13(2)22(26)10-9-21(4)18(24)12-14(3)11-17(19(21)22)27-20(25)15-5-7-16(23)8-6-15/h5-8,12-13,17,19,23,26H,9-11H2,1-4H3. The predicted octanol–water partition coefficient (Wildman–Crippen LogP) is 3.64. The van der Waals surface area contributed by atoms with Gasteiger partial charge in [-0.3, -0.25) is 4.79 Å². The number of allylic oxidation sites excluding steroid dienone is 1. The van der Waals surface area contributed by atoms with Gasteiger partial charge in [-0.1, -0.05) is 26.3 Å². The Morgan fingerprint density at radius 1 is 1.22 bits per heavy atom. The Hall–Kier alpha value is -2.14. The summed E-state index contributed by atoms with van der Waals surface area (Å²) in [5, 5.41) is 20.9. The van der Waals surface area contributed by atoms with Crippen LogP contribution in [0.25, 0.3) is 0 Å². The first-order chi connectivity index (χ1) is 12.6. The first-order valence-electron chi connectivity index (χ1n) is 9.52. The maximum Gasteiger partial charge on any atom is 0.338 e. The zero-order chi connectivity index (χ0) is 20.0. The van der Waals surface area contributed by atoms with Gasteiger partial charge in [0, 0.05) is 17.8 Å². The minimum Gasteiger partial charge on any atom is -0.508 e. The summed E-state index contributed by atoms with van der Waals surface area (Å²) in [6.07, 6.45) is 2.56. The Morgan fingerprint density at radius 2 is 1.85 bits per heavy atom. The van der Waals surface area contributed by atoms with E-state index in [1.165, 1.54) is 24.3 Å². The smallest absolute Gasteiger partial charge is 0.338 e. The van der Waals surface area contributed by atoms with Gasteiger partial charge in [0.25, 0.3) is 0 Å². The van der Waals surface area contributed by atoms with Gasteiger partial charge in [-0.05, 0) is 56.0 Å². The van der Waals surface area contributed by atoms with E-state index in [1.807, 2.05) is 27.7 Å². The molecule has 4 atom stereocenters. The van der Waals surface area contributed by atoms with E-state index < -0.39 is 29.0 Å². The number of hydrogen-bond donors (Lipinski definition) is 2. The predicted molar refractivity (Wildman–Crippen MR) is 101 cm³/mol. The van der Waals surface area contributed by atoms with E-state index >= 15 is 0 Å². The highest BCUT2D eigenvalue weighted by Crippen LogP contribution is 2.56. The molecule has 0 aliphatic heterocycles. The van der Waals surface area contributed by atoms with Gasteiger partial charge in [0.15, 0.2) is 5.78 Å². The second-order valence-electron chi connectivity index (χ2n) is 8.59. The highest BCUT2D eigenvalue weighted by Gasteiger charge is 2.62. The van der Waals surface area contributed by atoms with Crippen molar-refractivity contribution in [2.75, 3.05) is 0 Å². The lowest BCUT2D eigenvalue weighted by atomic mass is 9.67. The zero-order valence-electron chi connectivity index (χ0n) is 16.4. The third kappa shape index (κ3) is 3.29. The van der Waals surface area contributed by atoms with Gasteiger partial charge in [-0.15, -0.1) is 0 Å². The SMILES string of the molecule is CC1=CC(=O)C2(C)CCC(O)(C(C)C)C2C(OC(=O)c2ccc(O)cc2)C1. The Kier molecular flexibility index (Phi) is 4.93. The molecule has 27 heavy (non-hydrogen) atoms. The maximum atomic E-state index is 12.9. The van der Waals surface area contributed by atoms with E-state index in [4.69, 9.17) is 4.74 Å². The van der Waals surface area contributed by atoms with Gasteiger partial charge in [0.2, 0.25) is 0 Å². The number of carbonyl (C=O) groups excluding carboxylic acids is 2. The van der Waals surface area contributed by atoms with Crippen LogP contribution in [0.4, 0.5) is 0 Å². The van der Waals surface area contributed by atoms with Gasteiger partial charge in [-0.2, -0.15) is 0 Å². The van der Waals surface area contributed by atoms with Crippen molar-refractivity contribution in [2.45, 2.75) is 58.7 Å². The maximum absolute atomic E-state index is 12.9. The van der Waals surface area contributed by atoms with Crippen molar-refractivity contribution in [3.8, 4) is 5.75 Å². The quantitative estimate of drug-likeness (QED) is 0.792. The van der Waals surface area contributed by atoms with E-state index in [0.717, 1.165) is 5.57 Å². The lowest BCUT2D eigenvalue weighted by Gasteiger charge is -2.42. The number of rotatable bonds is 3. The van der Waals surface area contributed by atoms with Crippen molar-refractivity contribution in [2.24, 2.45) is 17.3 Å². The van der Waals surface area contributed by atoms with Crippen LogP contribution in [0.15, 0.2) is 35.9 Å². The molecule has 1 saturated carbocycles. The second kappa shape index (κ2) is 6.79. The summed E-state index contributed by atoms with van der Waals surface area (Å²) >= 11 is 0.